The van der Waals surface area contributed by atoms with Gasteiger partial charge in [-0.15, -0.1) is 0 Å². The number of halogens is 2. The van der Waals surface area contributed by atoms with Crippen molar-refractivity contribution in [1.29, 1.82) is 0 Å². The summed E-state index contributed by atoms with van der Waals surface area (Å²) in [5.41, 5.74) is 4.49. The molecule has 25 heavy (non-hydrogen) atoms. The van der Waals surface area contributed by atoms with Crippen molar-refractivity contribution in [3.63, 3.8) is 0 Å². The predicted molar refractivity (Wildman–Crippen MR) is 101 cm³/mol. The Morgan fingerprint density at radius 3 is 1.72 bits per heavy atom. The van der Waals surface area contributed by atoms with Gasteiger partial charge in [0.05, 0.1) is 5.69 Å². The summed E-state index contributed by atoms with van der Waals surface area (Å²) in [7, 11) is 0. The van der Waals surface area contributed by atoms with Gasteiger partial charge in [0, 0.05) is 23.0 Å². The summed E-state index contributed by atoms with van der Waals surface area (Å²) < 4.78 is 28.4. The first-order valence-corrected chi connectivity index (χ1v) is 8.04. The topological polar surface area (TPSA) is 3.24 Å². The Labute approximate surface area is 146 Å². The van der Waals surface area contributed by atoms with Gasteiger partial charge in [-0.05, 0) is 44.2 Å². The van der Waals surface area contributed by atoms with Crippen LogP contribution in [0.2, 0.25) is 0 Å². The summed E-state index contributed by atoms with van der Waals surface area (Å²) in [6.45, 7) is 7.70. The lowest BCUT2D eigenvalue weighted by Gasteiger charge is -2.27. The monoisotopic (exact) mass is 335 g/mol. The fourth-order valence-electron chi connectivity index (χ4n) is 2.77. The molecule has 3 aromatic rings. The van der Waals surface area contributed by atoms with Crippen LogP contribution in [0.5, 0.6) is 0 Å². The summed E-state index contributed by atoms with van der Waals surface area (Å²) in [6.07, 6.45) is 1.47. The van der Waals surface area contributed by atoms with Crippen LogP contribution in [0.3, 0.4) is 0 Å². The fraction of sp³-hybridized carbons (Fsp3) is 0.0909. The fourth-order valence-corrected chi connectivity index (χ4v) is 2.77. The Morgan fingerprint density at radius 2 is 1.28 bits per heavy atom. The first-order chi connectivity index (χ1) is 12.0. The van der Waals surface area contributed by atoms with Crippen LogP contribution >= 0.6 is 0 Å². The van der Waals surface area contributed by atoms with Crippen molar-refractivity contribution < 1.29 is 8.78 Å². The Kier molecular flexibility index (Phi) is 4.66. The second kappa shape index (κ2) is 6.89. The SMILES string of the molecule is C=Cc1cc(F)cc(F)c1N(c1ccc(C)cc1)c1ccc(C)cc1. The molecule has 1 nitrogen and oxygen atoms in total. The normalized spacial score (nSPS) is 10.6. The average Bonchev–Trinajstić information content (AvgIpc) is 2.59. The number of aryl methyl sites for hydroxylation is 2. The van der Waals surface area contributed by atoms with Crippen LogP contribution in [-0.2, 0) is 0 Å². The van der Waals surface area contributed by atoms with Crippen molar-refractivity contribution in [1.82, 2.24) is 0 Å². The molecule has 3 aromatic carbocycles. The van der Waals surface area contributed by atoms with Gasteiger partial charge in [-0.2, -0.15) is 0 Å². The standard InChI is InChI=1S/C22H19F2N/c1-4-17-13-18(23)14-21(24)22(17)25(19-9-5-15(2)6-10-19)20-11-7-16(3)8-12-20/h4-14H,1H2,2-3H3. The van der Waals surface area contributed by atoms with Crippen LogP contribution in [0.15, 0.2) is 67.2 Å². The van der Waals surface area contributed by atoms with E-state index in [0.717, 1.165) is 28.6 Å². The maximum absolute atomic E-state index is 14.7. The molecule has 0 unspecified atom stereocenters. The lowest BCUT2D eigenvalue weighted by molar-refractivity contribution is 0.583. The van der Waals surface area contributed by atoms with E-state index in [1.54, 1.807) is 4.90 Å². The molecule has 0 aliphatic rings. The largest absolute Gasteiger partial charge is 0.307 e. The summed E-state index contributed by atoms with van der Waals surface area (Å²) >= 11 is 0. The predicted octanol–water partition coefficient (Wildman–Crippen LogP) is 6.69. The van der Waals surface area contributed by atoms with Crippen molar-refractivity contribution in [3.8, 4) is 0 Å². The maximum atomic E-state index is 14.7. The van der Waals surface area contributed by atoms with Crippen LogP contribution in [0.4, 0.5) is 25.8 Å². The molecule has 3 rings (SSSR count). The molecule has 0 radical (unpaired) electrons. The molecule has 0 bridgehead atoms. The van der Waals surface area contributed by atoms with Gasteiger partial charge in [0.2, 0.25) is 0 Å². The third-order valence-corrected chi connectivity index (χ3v) is 4.09. The van der Waals surface area contributed by atoms with Crippen LogP contribution in [0, 0.1) is 25.5 Å². The van der Waals surface area contributed by atoms with Crippen molar-refractivity contribution in [2.24, 2.45) is 0 Å². The first-order valence-electron chi connectivity index (χ1n) is 8.04. The highest BCUT2D eigenvalue weighted by Gasteiger charge is 2.20. The van der Waals surface area contributed by atoms with Crippen molar-refractivity contribution >= 4 is 23.1 Å². The summed E-state index contributed by atoms with van der Waals surface area (Å²) in [4.78, 5) is 1.78. The quantitative estimate of drug-likeness (QED) is 0.513. The number of hydrogen-bond acceptors (Lipinski definition) is 1. The van der Waals surface area contributed by atoms with E-state index in [4.69, 9.17) is 0 Å². The van der Waals surface area contributed by atoms with Gasteiger partial charge in [-0.1, -0.05) is 48.0 Å². The Balaban J connectivity index is 2.27. The van der Waals surface area contributed by atoms with Gasteiger partial charge in [-0.25, -0.2) is 8.78 Å². The van der Waals surface area contributed by atoms with E-state index in [-0.39, 0.29) is 5.69 Å². The number of nitrogens with zero attached hydrogens (tertiary/aromatic N) is 1. The van der Waals surface area contributed by atoms with E-state index in [9.17, 15) is 8.78 Å². The highest BCUT2D eigenvalue weighted by Crippen LogP contribution is 2.39. The zero-order valence-corrected chi connectivity index (χ0v) is 14.3. The molecule has 3 heteroatoms. The molecule has 0 amide bonds. The van der Waals surface area contributed by atoms with Crippen LogP contribution in [0.1, 0.15) is 16.7 Å². The number of anilines is 3. The minimum atomic E-state index is -0.629. The van der Waals surface area contributed by atoms with E-state index in [1.165, 1.54) is 12.1 Å². The Bertz CT molecular complexity index is 851. The van der Waals surface area contributed by atoms with Crippen molar-refractivity contribution in [3.05, 3.63) is 95.6 Å². The number of rotatable bonds is 4. The van der Waals surface area contributed by atoms with Gasteiger partial charge in [0.25, 0.3) is 0 Å². The molecule has 0 atom stereocenters. The molecule has 126 valence electrons. The molecule has 0 N–H and O–H groups in total. The second-order valence-electron chi connectivity index (χ2n) is 6.04. The zero-order chi connectivity index (χ0) is 18.0. The molecule has 0 aliphatic heterocycles. The second-order valence-corrected chi connectivity index (χ2v) is 6.04. The summed E-state index contributed by atoms with van der Waals surface area (Å²) in [5, 5.41) is 0. The van der Waals surface area contributed by atoms with Crippen molar-refractivity contribution in [2.75, 3.05) is 4.90 Å². The zero-order valence-electron chi connectivity index (χ0n) is 14.3. The average molecular weight is 335 g/mol. The first kappa shape index (κ1) is 16.9. The van der Waals surface area contributed by atoms with E-state index in [2.05, 4.69) is 6.58 Å². The lowest BCUT2D eigenvalue weighted by atomic mass is 10.1. The third kappa shape index (κ3) is 3.45. The Hall–Kier alpha value is -2.94. The van der Waals surface area contributed by atoms with Gasteiger partial charge in [-0.3, -0.25) is 0 Å². The summed E-state index contributed by atoms with van der Waals surface area (Å²) in [6, 6.07) is 17.7. The third-order valence-electron chi connectivity index (χ3n) is 4.09. The van der Waals surface area contributed by atoms with Crippen LogP contribution < -0.4 is 4.90 Å². The number of benzene rings is 3. The molecule has 0 spiro atoms. The summed E-state index contributed by atoms with van der Waals surface area (Å²) in [5.74, 6) is -1.25. The molecule has 0 fully saturated rings. The van der Waals surface area contributed by atoms with Gasteiger partial charge in [0.1, 0.15) is 5.82 Å². The molecular formula is C22H19F2N. The van der Waals surface area contributed by atoms with E-state index in [1.807, 2.05) is 62.4 Å². The molecule has 0 heterocycles. The van der Waals surface area contributed by atoms with Crippen LogP contribution in [-0.4, -0.2) is 0 Å². The Morgan fingerprint density at radius 1 is 0.800 bits per heavy atom. The molecule has 0 saturated heterocycles. The maximum Gasteiger partial charge on any atom is 0.150 e. The molecule has 0 aliphatic carbocycles. The molecular weight excluding hydrogens is 316 g/mol. The highest BCUT2D eigenvalue weighted by molar-refractivity contribution is 5.82. The van der Waals surface area contributed by atoms with Gasteiger partial charge < -0.3 is 4.90 Å². The van der Waals surface area contributed by atoms with E-state index in [0.29, 0.717) is 5.56 Å². The van der Waals surface area contributed by atoms with Crippen LogP contribution in [0.25, 0.3) is 6.08 Å². The van der Waals surface area contributed by atoms with Gasteiger partial charge >= 0.3 is 0 Å². The molecule has 0 aromatic heterocycles. The highest BCUT2D eigenvalue weighted by atomic mass is 19.1. The van der Waals surface area contributed by atoms with Gasteiger partial charge in [0.15, 0.2) is 5.82 Å². The van der Waals surface area contributed by atoms with E-state index >= 15 is 0 Å². The minimum Gasteiger partial charge on any atom is -0.307 e. The number of hydrogen-bond donors (Lipinski definition) is 0. The minimum absolute atomic E-state index is 0.282. The van der Waals surface area contributed by atoms with E-state index < -0.39 is 11.6 Å². The molecule has 0 saturated carbocycles. The van der Waals surface area contributed by atoms with Crippen molar-refractivity contribution in [2.45, 2.75) is 13.8 Å². The lowest BCUT2D eigenvalue weighted by Crippen LogP contribution is -2.13. The smallest absolute Gasteiger partial charge is 0.150 e.